The molecule has 0 amide bonds. The van der Waals surface area contributed by atoms with Gasteiger partial charge in [-0.15, -0.1) is 12.3 Å². The number of hydrogen-bond donors (Lipinski definition) is 1. The van der Waals surface area contributed by atoms with Gasteiger partial charge >= 0.3 is 0 Å². The fourth-order valence-corrected chi connectivity index (χ4v) is 2.24. The molecule has 1 nitrogen and oxygen atoms in total. The van der Waals surface area contributed by atoms with Crippen LogP contribution in [0.15, 0.2) is 18.2 Å². The van der Waals surface area contributed by atoms with Gasteiger partial charge in [-0.25, -0.2) is 0 Å². The van der Waals surface area contributed by atoms with Crippen LogP contribution >= 0.6 is 0 Å². The minimum absolute atomic E-state index is 0.0514. The normalized spacial score (nSPS) is 23.9. The Labute approximate surface area is 97.5 Å². The molecule has 2 atom stereocenters. The largest absolute Gasteiger partial charge is 0.508 e. The van der Waals surface area contributed by atoms with Crippen molar-refractivity contribution in [1.82, 2.24) is 0 Å². The zero-order valence-corrected chi connectivity index (χ0v) is 10.1. The van der Waals surface area contributed by atoms with E-state index in [-0.39, 0.29) is 5.41 Å². The molecular formula is C15H18O. The summed E-state index contributed by atoms with van der Waals surface area (Å²) in [7, 11) is 0. The third-order valence-corrected chi connectivity index (χ3v) is 3.25. The summed E-state index contributed by atoms with van der Waals surface area (Å²) >= 11 is 0. The Morgan fingerprint density at radius 3 is 2.56 bits per heavy atom. The number of rotatable bonds is 1. The molecule has 16 heavy (non-hydrogen) atoms. The second-order valence-corrected chi connectivity index (χ2v) is 5.64. The zero-order chi connectivity index (χ0) is 11.9. The lowest BCUT2D eigenvalue weighted by Crippen LogP contribution is -2.14. The van der Waals surface area contributed by atoms with Crippen LogP contribution in [0, 0.1) is 18.3 Å². The topological polar surface area (TPSA) is 20.2 Å². The highest BCUT2D eigenvalue weighted by molar-refractivity contribution is 5.44. The lowest BCUT2D eigenvalue weighted by Gasteiger charge is -2.23. The summed E-state index contributed by atoms with van der Waals surface area (Å²) in [6.45, 7) is 6.50. The van der Waals surface area contributed by atoms with Gasteiger partial charge in [0.05, 0.1) is 0 Å². The van der Waals surface area contributed by atoms with Crippen LogP contribution in [0.2, 0.25) is 0 Å². The first-order valence-electron chi connectivity index (χ1n) is 5.73. The van der Waals surface area contributed by atoms with Crippen LogP contribution in [-0.4, -0.2) is 5.11 Å². The van der Waals surface area contributed by atoms with Crippen LogP contribution < -0.4 is 0 Å². The van der Waals surface area contributed by atoms with Crippen LogP contribution in [0.3, 0.4) is 0 Å². The molecule has 2 rings (SSSR count). The third-order valence-electron chi connectivity index (χ3n) is 3.25. The molecule has 1 aliphatic rings. The highest BCUT2D eigenvalue weighted by atomic mass is 16.3. The molecule has 1 aliphatic carbocycles. The first kappa shape index (κ1) is 11.1. The van der Waals surface area contributed by atoms with Crippen LogP contribution in [0.5, 0.6) is 5.75 Å². The standard InChI is InChI=1S/C15H18O/c1-5-10-8-13(10)12-7-6-11(16)9-14(12)15(2,3)4/h1,6-7,9-10,13,16H,8H2,2-4H3. The predicted octanol–water partition coefficient (Wildman–Crippen LogP) is 3.43. The fraction of sp³-hybridized carbons (Fsp3) is 0.467. The molecule has 1 aromatic rings. The molecule has 0 bridgehead atoms. The van der Waals surface area contributed by atoms with Crippen molar-refractivity contribution in [3.63, 3.8) is 0 Å². The molecule has 0 aromatic heterocycles. The highest BCUT2D eigenvalue weighted by Gasteiger charge is 2.39. The van der Waals surface area contributed by atoms with E-state index >= 15 is 0 Å². The molecule has 84 valence electrons. The van der Waals surface area contributed by atoms with E-state index in [1.165, 1.54) is 11.1 Å². The van der Waals surface area contributed by atoms with E-state index in [0.717, 1.165) is 6.42 Å². The predicted molar refractivity (Wildman–Crippen MR) is 66.5 cm³/mol. The molecule has 0 saturated heterocycles. The molecule has 1 saturated carbocycles. The molecule has 1 fully saturated rings. The monoisotopic (exact) mass is 214 g/mol. The smallest absolute Gasteiger partial charge is 0.115 e. The van der Waals surface area contributed by atoms with E-state index in [2.05, 4.69) is 26.7 Å². The maximum atomic E-state index is 9.59. The average molecular weight is 214 g/mol. The number of hydrogen-bond acceptors (Lipinski definition) is 1. The van der Waals surface area contributed by atoms with Gasteiger partial charge in [0.25, 0.3) is 0 Å². The van der Waals surface area contributed by atoms with Crippen LogP contribution in [0.1, 0.15) is 44.2 Å². The van der Waals surface area contributed by atoms with Crippen molar-refractivity contribution in [2.75, 3.05) is 0 Å². The van der Waals surface area contributed by atoms with Gasteiger partial charge in [0.1, 0.15) is 5.75 Å². The summed E-state index contributed by atoms with van der Waals surface area (Å²) in [5, 5.41) is 9.59. The van der Waals surface area contributed by atoms with Crippen molar-refractivity contribution >= 4 is 0 Å². The second-order valence-electron chi connectivity index (χ2n) is 5.64. The lowest BCUT2D eigenvalue weighted by molar-refractivity contribution is 0.470. The third kappa shape index (κ3) is 1.93. The summed E-state index contributed by atoms with van der Waals surface area (Å²) in [5.74, 6) is 4.05. The lowest BCUT2D eigenvalue weighted by atomic mass is 9.82. The molecule has 1 aromatic carbocycles. The van der Waals surface area contributed by atoms with Crippen LogP contribution in [-0.2, 0) is 5.41 Å². The summed E-state index contributed by atoms with van der Waals surface area (Å²) in [6, 6.07) is 5.66. The first-order valence-corrected chi connectivity index (χ1v) is 5.73. The molecule has 0 spiro atoms. The number of phenolic OH excluding ortho intramolecular Hbond substituents is 1. The van der Waals surface area contributed by atoms with Crippen molar-refractivity contribution in [3.8, 4) is 18.1 Å². The Kier molecular flexibility index (Phi) is 2.46. The Hall–Kier alpha value is -1.42. The summed E-state index contributed by atoms with van der Waals surface area (Å²) in [4.78, 5) is 0. The first-order chi connectivity index (χ1) is 7.43. The molecule has 0 aliphatic heterocycles. The van der Waals surface area contributed by atoms with E-state index in [9.17, 15) is 5.11 Å². The summed E-state index contributed by atoms with van der Waals surface area (Å²) in [5.41, 5.74) is 2.58. The number of benzene rings is 1. The van der Waals surface area contributed by atoms with Crippen molar-refractivity contribution in [2.24, 2.45) is 5.92 Å². The van der Waals surface area contributed by atoms with Gasteiger partial charge in [-0.2, -0.15) is 0 Å². The van der Waals surface area contributed by atoms with E-state index in [0.29, 0.717) is 17.6 Å². The highest BCUT2D eigenvalue weighted by Crippen LogP contribution is 2.50. The minimum Gasteiger partial charge on any atom is -0.508 e. The van der Waals surface area contributed by atoms with Gasteiger partial charge in [0, 0.05) is 5.92 Å². The summed E-state index contributed by atoms with van der Waals surface area (Å²) in [6.07, 6.45) is 6.54. The molecule has 1 heteroatoms. The maximum Gasteiger partial charge on any atom is 0.115 e. The van der Waals surface area contributed by atoms with Crippen molar-refractivity contribution < 1.29 is 5.11 Å². The van der Waals surface area contributed by atoms with Gasteiger partial charge in [-0.05, 0) is 41.0 Å². The van der Waals surface area contributed by atoms with Crippen molar-refractivity contribution in [3.05, 3.63) is 29.3 Å². The number of phenols is 1. The van der Waals surface area contributed by atoms with E-state index in [1.807, 2.05) is 12.1 Å². The molecular weight excluding hydrogens is 196 g/mol. The quantitative estimate of drug-likeness (QED) is 0.710. The Balaban J connectivity index is 2.43. The second kappa shape index (κ2) is 3.56. The Morgan fingerprint density at radius 1 is 1.38 bits per heavy atom. The van der Waals surface area contributed by atoms with Crippen LogP contribution in [0.25, 0.3) is 0 Å². The molecule has 1 N–H and O–H groups in total. The minimum atomic E-state index is 0.0514. The number of terminal acetylenes is 1. The fourth-order valence-electron chi connectivity index (χ4n) is 2.24. The van der Waals surface area contributed by atoms with E-state index < -0.39 is 0 Å². The van der Waals surface area contributed by atoms with E-state index in [4.69, 9.17) is 6.42 Å². The van der Waals surface area contributed by atoms with Crippen molar-refractivity contribution in [1.29, 1.82) is 0 Å². The van der Waals surface area contributed by atoms with Gasteiger partial charge in [0.15, 0.2) is 0 Å². The molecule has 0 radical (unpaired) electrons. The molecule has 2 unspecified atom stereocenters. The van der Waals surface area contributed by atoms with E-state index in [1.54, 1.807) is 6.07 Å². The van der Waals surface area contributed by atoms with Crippen LogP contribution in [0.4, 0.5) is 0 Å². The van der Waals surface area contributed by atoms with Gasteiger partial charge < -0.3 is 5.11 Å². The SMILES string of the molecule is C#CC1CC1c1ccc(O)cc1C(C)(C)C. The maximum absolute atomic E-state index is 9.59. The molecule has 0 heterocycles. The van der Waals surface area contributed by atoms with Gasteiger partial charge in [0.2, 0.25) is 0 Å². The summed E-state index contributed by atoms with van der Waals surface area (Å²) < 4.78 is 0. The Bertz CT molecular complexity index is 445. The number of aromatic hydroxyl groups is 1. The van der Waals surface area contributed by atoms with Gasteiger partial charge in [-0.1, -0.05) is 26.8 Å². The van der Waals surface area contributed by atoms with Gasteiger partial charge in [-0.3, -0.25) is 0 Å². The Morgan fingerprint density at radius 2 is 2.06 bits per heavy atom. The van der Waals surface area contributed by atoms with Crippen molar-refractivity contribution in [2.45, 2.75) is 38.5 Å². The zero-order valence-electron chi connectivity index (χ0n) is 10.1. The average Bonchev–Trinajstić information content (AvgIpc) is 2.95.